The molecule has 6 atom stereocenters. The van der Waals surface area contributed by atoms with Gasteiger partial charge in [0.2, 0.25) is 0 Å². The number of halogens is 2. The van der Waals surface area contributed by atoms with E-state index in [-0.39, 0.29) is 5.92 Å². The average Bonchev–Trinajstić information content (AvgIpc) is 3.31. The van der Waals surface area contributed by atoms with Crippen LogP contribution >= 0.6 is 0 Å². The first-order valence-electron chi connectivity index (χ1n) is 9.69. The first-order chi connectivity index (χ1) is 12.7. The van der Waals surface area contributed by atoms with Crippen molar-refractivity contribution in [3.05, 3.63) is 0 Å². The average molecular weight is 386 g/mol. The van der Waals surface area contributed by atoms with Crippen LogP contribution in [-0.2, 0) is 28.6 Å². The molecule has 1 heterocycles. The fourth-order valence-electron chi connectivity index (χ4n) is 5.52. The molecule has 6 unspecified atom stereocenters. The van der Waals surface area contributed by atoms with Crippen molar-refractivity contribution < 1.29 is 37.4 Å². The van der Waals surface area contributed by atoms with Gasteiger partial charge in [-0.3, -0.25) is 9.59 Å². The number of hydrogen-bond acceptors (Lipinski definition) is 6. The van der Waals surface area contributed by atoms with Gasteiger partial charge in [-0.15, -0.1) is 0 Å². The monoisotopic (exact) mass is 386 g/mol. The van der Waals surface area contributed by atoms with Crippen molar-refractivity contribution in [1.29, 1.82) is 0 Å². The summed E-state index contributed by atoms with van der Waals surface area (Å²) >= 11 is 0. The molecule has 1 aliphatic heterocycles. The number of hydrogen-bond donors (Lipinski definition) is 0. The van der Waals surface area contributed by atoms with Crippen LogP contribution in [0.5, 0.6) is 0 Å². The smallest absolute Gasteiger partial charge is 0.377 e. The lowest BCUT2D eigenvalue weighted by Crippen LogP contribution is -2.47. The molecule has 0 N–H and O–H groups in total. The minimum atomic E-state index is -3.64. The van der Waals surface area contributed by atoms with Crippen molar-refractivity contribution in [3.63, 3.8) is 0 Å². The molecule has 4 rings (SSSR count). The minimum absolute atomic E-state index is 0.288. The highest BCUT2D eigenvalue weighted by molar-refractivity contribution is 5.86. The lowest BCUT2D eigenvalue weighted by Gasteiger charge is -2.34. The van der Waals surface area contributed by atoms with E-state index in [9.17, 15) is 23.2 Å². The maximum Gasteiger partial charge on any atom is 0.377 e. The summed E-state index contributed by atoms with van der Waals surface area (Å²) in [6, 6.07) is 0. The van der Waals surface area contributed by atoms with Crippen LogP contribution in [0.25, 0.3) is 0 Å². The number of carbonyl (C=O) groups excluding carboxylic acids is 3. The van der Waals surface area contributed by atoms with E-state index in [0.717, 1.165) is 25.7 Å². The van der Waals surface area contributed by atoms with E-state index in [2.05, 4.69) is 0 Å². The Bertz CT molecular complexity index is 666. The molecule has 0 amide bonds. The molecule has 27 heavy (non-hydrogen) atoms. The van der Waals surface area contributed by atoms with Crippen LogP contribution in [0.4, 0.5) is 8.78 Å². The number of carbonyl (C=O) groups is 3. The number of fused-ring (bicyclic) bond motifs is 1. The Morgan fingerprint density at radius 3 is 2.52 bits per heavy atom. The molecule has 3 aliphatic carbocycles. The first-order valence-corrected chi connectivity index (χ1v) is 9.69. The van der Waals surface area contributed by atoms with Crippen LogP contribution in [0, 0.1) is 23.7 Å². The number of ether oxygens (including phenoxy) is 3. The highest BCUT2D eigenvalue weighted by Crippen LogP contribution is 2.59. The second-order valence-corrected chi connectivity index (χ2v) is 8.44. The van der Waals surface area contributed by atoms with E-state index >= 15 is 0 Å². The van der Waals surface area contributed by atoms with Crippen molar-refractivity contribution >= 4 is 17.9 Å². The van der Waals surface area contributed by atoms with Crippen molar-refractivity contribution in [1.82, 2.24) is 0 Å². The zero-order valence-electron chi connectivity index (χ0n) is 15.4. The Kier molecular flexibility index (Phi) is 4.23. The Morgan fingerprint density at radius 1 is 1.26 bits per heavy atom. The van der Waals surface area contributed by atoms with E-state index in [1.165, 1.54) is 0 Å². The summed E-state index contributed by atoms with van der Waals surface area (Å²) in [6.07, 6.45) is 2.91. The summed E-state index contributed by atoms with van der Waals surface area (Å²) in [5.74, 6) is -8.54. The van der Waals surface area contributed by atoms with Crippen LogP contribution in [-0.4, -0.2) is 41.6 Å². The van der Waals surface area contributed by atoms with Crippen LogP contribution in [0.1, 0.15) is 52.4 Å². The third kappa shape index (κ3) is 2.83. The molecule has 0 spiro atoms. The Labute approximate surface area is 155 Å². The van der Waals surface area contributed by atoms with Crippen molar-refractivity contribution in [2.75, 3.05) is 0 Å². The molecule has 1 saturated heterocycles. The molecule has 0 aromatic rings. The quantitative estimate of drug-likeness (QED) is 0.534. The van der Waals surface area contributed by atoms with E-state index in [0.29, 0.717) is 19.8 Å². The van der Waals surface area contributed by atoms with Crippen LogP contribution in [0.15, 0.2) is 0 Å². The fourth-order valence-corrected chi connectivity index (χ4v) is 5.52. The molecular formula is C19H24F2O6. The van der Waals surface area contributed by atoms with Gasteiger partial charge in [0.15, 0.2) is 0 Å². The van der Waals surface area contributed by atoms with E-state index in [1.54, 1.807) is 0 Å². The van der Waals surface area contributed by atoms with Crippen LogP contribution in [0.2, 0.25) is 0 Å². The second-order valence-electron chi connectivity index (χ2n) is 8.44. The lowest BCUT2D eigenvalue weighted by molar-refractivity contribution is -0.188. The predicted molar refractivity (Wildman–Crippen MR) is 86.5 cm³/mol. The molecule has 4 fully saturated rings. The van der Waals surface area contributed by atoms with Crippen molar-refractivity contribution in [3.8, 4) is 0 Å². The normalized spacial score (nSPS) is 38.7. The largest absolute Gasteiger partial charge is 0.459 e. The molecule has 6 nitrogen and oxygen atoms in total. The summed E-state index contributed by atoms with van der Waals surface area (Å²) < 4.78 is 42.7. The highest BCUT2D eigenvalue weighted by Gasteiger charge is 2.70. The molecule has 4 aliphatic rings. The van der Waals surface area contributed by atoms with Gasteiger partial charge in [0.25, 0.3) is 0 Å². The van der Waals surface area contributed by atoms with Gasteiger partial charge >= 0.3 is 23.8 Å². The van der Waals surface area contributed by atoms with Crippen LogP contribution in [0.3, 0.4) is 0 Å². The summed E-state index contributed by atoms with van der Waals surface area (Å²) in [5.41, 5.74) is -0.510. The van der Waals surface area contributed by atoms with Gasteiger partial charge in [-0.05, 0) is 38.5 Å². The number of rotatable bonds is 5. The fraction of sp³-hybridized carbons (Fsp3) is 0.842. The number of alkyl halides is 2. The molecule has 150 valence electrons. The van der Waals surface area contributed by atoms with Gasteiger partial charge in [-0.2, -0.15) is 8.78 Å². The maximum atomic E-state index is 13.3. The third-order valence-corrected chi connectivity index (χ3v) is 6.90. The SMILES string of the molecule is CCC1(OC(=O)C2C3CC4C(OC(=O)C42)C3OC(=O)C(C)(F)F)CCCC1. The second kappa shape index (κ2) is 6.14. The van der Waals surface area contributed by atoms with Crippen molar-refractivity contribution in [2.45, 2.75) is 76.1 Å². The molecule has 0 radical (unpaired) electrons. The van der Waals surface area contributed by atoms with Gasteiger partial charge in [-0.25, -0.2) is 4.79 Å². The van der Waals surface area contributed by atoms with Gasteiger partial charge in [-0.1, -0.05) is 6.92 Å². The third-order valence-electron chi connectivity index (χ3n) is 6.90. The molecule has 0 aromatic heterocycles. The Balaban J connectivity index is 1.55. The zero-order chi connectivity index (χ0) is 19.6. The lowest BCUT2D eigenvalue weighted by atomic mass is 9.78. The maximum absolute atomic E-state index is 13.3. The standard InChI is InChI=1S/C19H24F2O6/c1-3-19(6-4-5-7-19)27-16(23)12-10-8-9-11(12)15(22)25-13(9)14(10)26-17(24)18(2,20)21/h9-14H,3-8H2,1-2H3. The van der Waals surface area contributed by atoms with Gasteiger partial charge in [0, 0.05) is 18.8 Å². The number of esters is 3. The zero-order valence-corrected chi connectivity index (χ0v) is 15.4. The van der Waals surface area contributed by atoms with Gasteiger partial charge < -0.3 is 14.2 Å². The molecule has 0 aromatic carbocycles. The molecule has 3 saturated carbocycles. The van der Waals surface area contributed by atoms with Gasteiger partial charge in [0.05, 0.1) is 11.8 Å². The summed E-state index contributed by atoms with van der Waals surface area (Å²) in [5, 5.41) is 0. The Hall–Kier alpha value is -1.73. The highest BCUT2D eigenvalue weighted by atomic mass is 19.3. The topological polar surface area (TPSA) is 78.9 Å². The molecular weight excluding hydrogens is 362 g/mol. The van der Waals surface area contributed by atoms with Gasteiger partial charge in [0.1, 0.15) is 17.8 Å². The molecule has 8 heteroatoms. The van der Waals surface area contributed by atoms with E-state index in [4.69, 9.17) is 14.2 Å². The van der Waals surface area contributed by atoms with E-state index in [1.807, 2.05) is 6.92 Å². The molecule has 2 bridgehead atoms. The Morgan fingerprint density at radius 2 is 1.93 bits per heavy atom. The van der Waals surface area contributed by atoms with Crippen LogP contribution < -0.4 is 0 Å². The predicted octanol–water partition coefficient (Wildman–Crippen LogP) is 2.63. The summed E-state index contributed by atoms with van der Waals surface area (Å²) in [7, 11) is 0. The minimum Gasteiger partial charge on any atom is -0.459 e. The van der Waals surface area contributed by atoms with E-state index < -0.39 is 59.4 Å². The summed E-state index contributed by atoms with van der Waals surface area (Å²) in [6.45, 7) is 2.43. The summed E-state index contributed by atoms with van der Waals surface area (Å²) in [4.78, 5) is 37.0. The first kappa shape index (κ1) is 18.6. The van der Waals surface area contributed by atoms with Crippen molar-refractivity contribution in [2.24, 2.45) is 23.7 Å².